The van der Waals surface area contributed by atoms with E-state index in [1.807, 2.05) is 37.3 Å². The smallest absolute Gasteiger partial charge is 0.227 e. The first-order valence-electron chi connectivity index (χ1n) is 6.80. The summed E-state index contributed by atoms with van der Waals surface area (Å²) in [5, 5.41) is 11.5. The zero-order chi connectivity index (χ0) is 13.9. The van der Waals surface area contributed by atoms with Gasteiger partial charge in [-0.2, -0.15) is 0 Å². The highest BCUT2D eigenvalue weighted by Gasteiger charge is 2.17. The monoisotopic (exact) mass is 265 g/mol. The van der Waals surface area contributed by atoms with Gasteiger partial charge in [0.25, 0.3) is 0 Å². The van der Waals surface area contributed by atoms with Crippen LogP contribution in [0.4, 0.5) is 0 Å². The van der Waals surface area contributed by atoms with Gasteiger partial charge >= 0.3 is 0 Å². The summed E-state index contributed by atoms with van der Waals surface area (Å²) in [6.07, 6.45) is 1.55. The minimum absolute atomic E-state index is 0.0400. The Morgan fingerprint density at radius 1 is 1.32 bits per heavy atom. The number of hydrogen-bond acceptors (Lipinski definition) is 3. The number of rotatable bonds is 9. The lowest BCUT2D eigenvalue weighted by Gasteiger charge is -2.15. The molecule has 0 aliphatic carbocycles. The van der Waals surface area contributed by atoms with Crippen LogP contribution in [0.5, 0.6) is 0 Å². The highest BCUT2D eigenvalue weighted by atomic mass is 16.5. The van der Waals surface area contributed by atoms with Crippen LogP contribution >= 0.6 is 0 Å². The van der Waals surface area contributed by atoms with Crippen molar-refractivity contribution in [3.05, 3.63) is 35.9 Å². The number of nitrogens with one attached hydrogen (secondary N) is 1. The fourth-order valence-corrected chi connectivity index (χ4v) is 1.93. The molecule has 0 aromatic heterocycles. The lowest BCUT2D eigenvalue weighted by Crippen LogP contribution is -2.30. The van der Waals surface area contributed by atoms with Gasteiger partial charge < -0.3 is 15.2 Å². The minimum atomic E-state index is -0.0837. The Morgan fingerprint density at radius 3 is 2.68 bits per heavy atom. The van der Waals surface area contributed by atoms with Gasteiger partial charge in [0.05, 0.1) is 19.1 Å². The Labute approximate surface area is 114 Å². The van der Waals surface area contributed by atoms with E-state index in [-0.39, 0.29) is 18.4 Å². The van der Waals surface area contributed by atoms with E-state index in [1.165, 1.54) is 0 Å². The van der Waals surface area contributed by atoms with Crippen LogP contribution in [-0.4, -0.2) is 37.4 Å². The summed E-state index contributed by atoms with van der Waals surface area (Å²) < 4.78 is 5.13. The van der Waals surface area contributed by atoms with E-state index in [0.29, 0.717) is 19.8 Å². The maximum Gasteiger partial charge on any atom is 0.227 e. The van der Waals surface area contributed by atoms with E-state index in [1.54, 1.807) is 0 Å². The molecule has 0 bridgehead atoms. The molecule has 4 heteroatoms. The first kappa shape index (κ1) is 15.7. The molecule has 4 nitrogen and oxygen atoms in total. The Balaban J connectivity index is 2.31. The van der Waals surface area contributed by atoms with Gasteiger partial charge in [0.2, 0.25) is 5.91 Å². The molecule has 19 heavy (non-hydrogen) atoms. The van der Waals surface area contributed by atoms with Gasteiger partial charge in [0, 0.05) is 13.2 Å². The molecule has 106 valence electrons. The van der Waals surface area contributed by atoms with Gasteiger partial charge in [0.1, 0.15) is 0 Å². The summed E-state index contributed by atoms with van der Waals surface area (Å²) in [6, 6.07) is 9.82. The third-order valence-electron chi connectivity index (χ3n) is 2.93. The number of hydrogen-bond donors (Lipinski definition) is 2. The predicted octanol–water partition coefficient (Wildman–Crippen LogP) is 1.70. The highest BCUT2D eigenvalue weighted by Crippen LogP contribution is 2.18. The number of carbonyl (C=O) groups excluding carboxylic acids is 1. The molecule has 0 aliphatic rings. The molecule has 0 heterocycles. The van der Waals surface area contributed by atoms with Gasteiger partial charge in [-0.3, -0.25) is 4.79 Å². The molecule has 0 saturated heterocycles. The van der Waals surface area contributed by atoms with Crippen molar-refractivity contribution in [3.63, 3.8) is 0 Å². The fourth-order valence-electron chi connectivity index (χ4n) is 1.93. The first-order chi connectivity index (χ1) is 9.29. The molecule has 1 aromatic carbocycles. The van der Waals surface area contributed by atoms with E-state index >= 15 is 0 Å². The van der Waals surface area contributed by atoms with Crippen LogP contribution in [0.3, 0.4) is 0 Å². The van der Waals surface area contributed by atoms with Gasteiger partial charge in [-0.25, -0.2) is 0 Å². The van der Waals surface area contributed by atoms with E-state index in [0.717, 1.165) is 18.4 Å². The summed E-state index contributed by atoms with van der Waals surface area (Å²) >= 11 is 0. The van der Waals surface area contributed by atoms with Crippen LogP contribution in [0.1, 0.15) is 31.2 Å². The zero-order valence-electron chi connectivity index (χ0n) is 11.5. The molecule has 0 spiro atoms. The number of aliphatic hydroxyl groups is 1. The molecule has 0 saturated carbocycles. The Morgan fingerprint density at radius 2 is 2.05 bits per heavy atom. The summed E-state index contributed by atoms with van der Waals surface area (Å²) in [5.41, 5.74) is 1.05. The second kappa shape index (κ2) is 9.53. The zero-order valence-corrected chi connectivity index (χ0v) is 11.5. The van der Waals surface area contributed by atoms with Crippen molar-refractivity contribution in [1.82, 2.24) is 5.32 Å². The molecule has 0 radical (unpaired) electrons. The molecule has 0 fully saturated rings. The third kappa shape index (κ3) is 5.85. The van der Waals surface area contributed by atoms with Gasteiger partial charge in [-0.15, -0.1) is 0 Å². The Hall–Kier alpha value is -1.39. The van der Waals surface area contributed by atoms with Gasteiger partial charge in [0.15, 0.2) is 0 Å². The third-order valence-corrected chi connectivity index (χ3v) is 2.93. The molecule has 1 amide bonds. The van der Waals surface area contributed by atoms with Crippen molar-refractivity contribution in [2.75, 3.05) is 26.4 Å². The maximum atomic E-state index is 12.1. The van der Waals surface area contributed by atoms with E-state index < -0.39 is 0 Å². The van der Waals surface area contributed by atoms with E-state index in [9.17, 15) is 4.79 Å². The minimum Gasteiger partial charge on any atom is -0.394 e. The van der Waals surface area contributed by atoms with Gasteiger partial charge in [-0.1, -0.05) is 37.3 Å². The highest BCUT2D eigenvalue weighted by molar-refractivity contribution is 5.83. The lowest BCUT2D eigenvalue weighted by molar-refractivity contribution is -0.122. The fraction of sp³-hybridized carbons (Fsp3) is 0.533. The first-order valence-corrected chi connectivity index (χ1v) is 6.80. The van der Waals surface area contributed by atoms with Crippen LogP contribution in [0.15, 0.2) is 30.3 Å². The second-order valence-corrected chi connectivity index (χ2v) is 4.35. The predicted molar refractivity (Wildman–Crippen MR) is 75.0 cm³/mol. The summed E-state index contributed by atoms with van der Waals surface area (Å²) in [5.74, 6) is -0.0181. The average molecular weight is 265 g/mol. The molecular formula is C15H23NO3. The maximum absolute atomic E-state index is 12.1. The van der Waals surface area contributed by atoms with E-state index in [4.69, 9.17) is 9.84 Å². The molecule has 1 aromatic rings. The number of benzene rings is 1. The molecule has 1 rings (SSSR count). The molecule has 0 aliphatic heterocycles. The van der Waals surface area contributed by atoms with Crippen molar-refractivity contribution in [3.8, 4) is 0 Å². The number of aliphatic hydroxyl groups excluding tert-OH is 1. The summed E-state index contributed by atoms with van der Waals surface area (Å²) in [6.45, 7) is 3.58. The number of amides is 1. The van der Waals surface area contributed by atoms with Crippen molar-refractivity contribution in [1.29, 1.82) is 0 Å². The van der Waals surface area contributed by atoms with Crippen molar-refractivity contribution < 1.29 is 14.6 Å². The van der Waals surface area contributed by atoms with Crippen molar-refractivity contribution in [2.24, 2.45) is 0 Å². The Bertz CT molecular complexity index is 354. The normalized spacial score (nSPS) is 12.1. The SMILES string of the molecule is CCC(C(=O)NCCCOCCO)c1ccccc1. The van der Waals surface area contributed by atoms with Crippen molar-refractivity contribution in [2.45, 2.75) is 25.7 Å². The van der Waals surface area contributed by atoms with Crippen LogP contribution < -0.4 is 5.32 Å². The van der Waals surface area contributed by atoms with Crippen molar-refractivity contribution >= 4 is 5.91 Å². The average Bonchev–Trinajstić information content (AvgIpc) is 2.45. The quantitative estimate of drug-likeness (QED) is 0.668. The number of carbonyl (C=O) groups is 1. The lowest BCUT2D eigenvalue weighted by atomic mass is 9.96. The van der Waals surface area contributed by atoms with E-state index in [2.05, 4.69) is 5.32 Å². The number of ether oxygens (including phenoxy) is 1. The summed E-state index contributed by atoms with van der Waals surface area (Å²) in [4.78, 5) is 12.1. The second-order valence-electron chi connectivity index (χ2n) is 4.35. The largest absolute Gasteiger partial charge is 0.394 e. The molecular weight excluding hydrogens is 242 g/mol. The molecule has 1 unspecified atom stereocenters. The van der Waals surface area contributed by atoms with Gasteiger partial charge in [-0.05, 0) is 18.4 Å². The van der Waals surface area contributed by atoms with Crippen LogP contribution in [-0.2, 0) is 9.53 Å². The standard InChI is InChI=1S/C15H23NO3/c1-2-14(13-7-4-3-5-8-13)15(18)16-9-6-11-19-12-10-17/h3-5,7-8,14,17H,2,6,9-12H2,1H3,(H,16,18). The van der Waals surface area contributed by atoms with Crippen LogP contribution in [0, 0.1) is 0 Å². The Kier molecular flexibility index (Phi) is 7.86. The van der Waals surface area contributed by atoms with Crippen LogP contribution in [0.2, 0.25) is 0 Å². The molecule has 2 N–H and O–H groups in total. The van der Waals surface area contributed by atoms with Crippen LogP contribution in [0.25, 0.3) is 0 Å². The summed E-state index contributed by atoms with van der Waals surface area (Å²) in [7, 11) is 0. The topological polar surface area (TPSA) is 58.6 Å². The molecule has 1 atom stereocenters.